The number of rotatable bonds is 8. The van der Waals surface area contributed by atoms with E-state index in [2.05, 4.69) is 60.8 Å². The Hall–Kier alpha value is -2.52. The van der Waals surface area contributed by atoms with Crippen LogP contribution >= 0.6 is 11.8 Å². The summed E-state index contributed by atoms with van der Waals surface area (Å²) in [6.07, 6.45) is 1.93. The average Bonchev–Trinajstić information content (AvgIpc) is 2.71. The van der Waals surface area contributed by atoms with E-state index in [4.69, 9.17) is 0 Å². The van der Waals surface area contributed by atoms with E-state index in [-0.39, 0.29) is 5.91 Å². The van der Waals surface area contributed by atoms with Crippen molar-refractivity contribution in [1.29, 1.82) is 0 Å². The molecule has 1 N–H and O–H groups in total. The number of nitrogens with one attached hydrogen (secondary N) is 1. The molecule has 2 nitrogen and oxygen atoms in total. The zero-order chi connectivity index (χ0) is 18.9. The molecule has 0 aliphatic rings. The molecule has 0 bridgehead atoms. The number of aryl methyl sites for hydroxylation is 2. The number of amides is 1. The van der Waals surface area contributed by atoms with Crippen molar-refractivity contribution in [3.8, 4) is 0 Å². The average molecular weight is 376 g/mol. The first-order valence-electron chi connectivity index (χ1n) is 9.31. The van der Waals surface area contributed by atoms with E-state index >= 15 is 0 Å². The second-order valence-corrected chi connectivity index (χ2v) is 7.70. The molecule has 3 aromatic rings. The van der Waals surface area contributed by atoms with Gasteiger partial charge in [0.15, 0.2) is 0 Å². The van der Waals surface area contributed by atoms with Crippen LogP contribution in [0.5, 0.6) is 0 Å². The highest BCUT2D eigenvalue weighted by molar-refractivity contribution is 7.98. The predicted molar refractivity (Wildman–Crippen MR) is 114 cm³/mol. The van der Waals surface area contributed by atoms with Gasteiger partial charge in [0.05, 0.1) is 0 Å². The number of benzene rings is 3. The fourth-order valence-corrected chi connectivity index (χ4v) is 3.78. The van der Waals surface area contributed by atoms with Crippen LogP contribution in [0.1, 0.15) is 33.5 Å². The Labute approximate surface area is 166 Å². The highest BCUT2D eigenvalue weighted by atomic mass is 32.2. The first-order valence-corrected chi connectivity index (χ1v) is 10.3. The van der Waals surface area contributed by atoms with Gasteiger partial charge in [-0.2, -0.15) is 0 Å². The summed E-state index contributed by atoms with van der Waals surface area (Å²) in [6, 6.07) is 26.8. The van der Waals surface area contributed by atoms with Crippen molar-refractivity contribution in [2.45, 2.75) is 30.4 Å². The van der Waals surface area contributed by atoms with Gasteiger partial charge < -0.3 is 5.32 Å². The van der Waals surface area contributed by atoms with Gasteiger partial charge in [0.25, 0.3) is 5.91 Å². The molecule has 0 unspecified atom stereocenters. The van der Waals surface area contributed by atoms with Crippen molar-refractivity contribution in [3.05, 3.63) is 101 Å². The van der Waals surface area contributed by atoms with Gasteiger partial charge in [-0.1, -0.05) is 60.2 Å². The van der Waals surface area contributed by atoms with Crippen molar-refractivity contribution in [1.82, 2.24) is 5.32 Å². The molecule has 3 aromatic carbocycles. The Morgan fingerprint density at radius 2 is 1.67 bits per heavy atom. The third kappa shape index (κ3) is 6.30. The molecule has 3 rings (SSSR count). The normalized spacial score (nSPS) is 10.6. The monoisotopic (exact) mass is 375 g/mol. The fourth-order valence-electron chi connectivity index (χ4n) is 2.90. The number of thioether (sulfide) groups is 1. The lowest BCUT2D eigenvalue weighted by molar-refractivity contribution is 0.0953. The molecule has 0 atom stereocenters. The largest absolute Gasteiger partial charge is 0.352 e. The molecule has 0 saturated carbocycles. The Balaban J connectivity index is 1.42. The van der Waals surface area contributed by atoms with Crippen molar-refractivity contribution in [2.24, 2.45) is 0 Å². The first kappa shape index (κ1) is 19.2. The summed E-state index contributed by atoms with van der Waals surface area (Å²) < 4.78 is 0. The Bertz CT molecular complexity index is 859. The zero-order valence-electron chi connectivity index (χ0n) is 15.7. The quantitative estimate of drug-likeness (QED) is 0.407. The van der Waals surface area contributed by atoms with Gasteiger partial charge in [-0.3, -0.25) is 4.79 Å². The summed E-state index contributed by atoms with van der Waals surface area (Å²) in [5.41, 5.74) is 4.55. The van der Waals surface area contributed by atoms with Crippen LogP contribution in [0.2, 0.25) is 0 Å². The third-order valence-corrected chi connectivity index (χ3v) is 5.46. The minimum Gasteiger partial charge on any atom is -0.352 e. The molecule has 0 aliphatic carbocycles. The molecule has 0 saturated heterocycles. The summed E-state index contributed by atoms with van der Waals surface area (Å²) in [5.74, 6) is 0.907. The summed E-state index contributed by atoms with van der Waals surface area (Å²) in [6.45, 7) is 2.80. The molecule has 0 aliphatic heterocycles. The van der Waals surface area contributed by atoms with Gasteiger partial charge in [-0.05, 0) is 55.2 Å². The number of hydrogen-bond donors (Lipinski definition) is 1. The molecule has 0 fully saturated rings. The Morgan fingerprint density at radius 3 is 2.41 bits per heavy atom. The van der Waals surface area contributed by atoms with Crippen LogP contribution in [0, 0.1) is 6.92 Å². The van der Waals surface area contributed by atoms with Gasteiger partial charge in [-0.15, -0.1) is 11.8 Å². The summed E-state index contributed by atoms with van der Waals surface area (Å²) in [7, 11) is 0. The number of carbonyl (C=O) groups excluding carboxylic acids is 1. The topological polar surface area (TPSA) is 29.1 Å². The molecule has 0 radical (unpaired) electrons. The van der Waals surface area contributed by atoms with E-state index in [1.54, 1.807) is 11.8 Å². The lowest BCUT2D eigenvalue weighted by Crippen LogP contribution is -2.24. The molecule has 138 valence electrons. The number of carbonyl (C=O) groups is 1. The maximum Gasteiger partial charge on any atom is 0.251 e. The van der Waals surface area contributed by atoms with Crippen LogP contribution < -0.4 is 5.32 Å². The second-order valence-electron chi connectivity index (χ2n) is 6.65. The molecular formula is C24H25NOS. The highest BCUT2D eigenvalue weighted by Gasteiger charge is 2.05. The van der Waals surface area contributed by atoms with Crippen LogP contribution in [0.25, 0.3) is 0 Å². The molecule has 0 aromatic heterocycles. The summed E-state index contributed by atoms with van der Waals surface area (Å²) in [5, 5.41) is 3.02. The van der Waals surface area contributed by atoms with E-state index in [0.717, 1.165) is 24.2 Å². The van der Waals surface area contributed by atoms with E-state index in [9.17, 15) is 4.79 Å². The minimum atomic E-state index is 0.00139. The van der Waals surface area contributed by atoms with Crippen LogP contribution in [0.3, 0.4) is 0 Å². The predicted octanol–water partition coefficient (Wildman–Crippen LogP) is 5.65. The zero-order valence-corrected chi connectivity index (χ0v) is 16.5. The van der Waals surface area contributed by atoms with E-state index in [1.165, 1.54) is 21.6 Å². The van der Waals surface area contributed by atoms with Crippen molar-refractivity contribution < 1.29 is 4.79 Å². The Morgan fingerprint density at radius 1 is 0.889 bits per heavy atom. The molecule has 27 heavy (non-hydrogen) atoms. The molecule has 1 amide bonds. The second kappa shape index (κ2) is 9.98. The van der Waals surface area contributed by atoms with Gasteiger partial charge in [-0.25, -0.2) is 0 Å². The van der Waals surface area contributed by atoms with Crippen molar-refractivity contribution >= 4 is 17.7 Å². The van der Waals surface area contributed by atoms with Gasteiger partial charge >= 0.3 is 0 Å². The fraction of sp³-hybridized carbons (Fsp3) is 0.208. The minimum absolute atomic E-state index is 0.00139. The SMILES string of the molecule is Cc1cccc(CCCNC(=O)c2ccc(CSc3ccccc3)cc2)c1. The first-order chi connectivity index (χ1) is 13.2. The molecule has 0 spiro atoms. The lowest BCUT2D eigenvalue weighted by Gasteiger charge is -2.07. The highest BCUT2D eigenvalue weighted by Crippen LogP contribution is 2.22. The number of hydrogen-bond acceptors (Lipinski definition) is 2. The third-order valence-electron chi connectivity index (χ3n) is 4.38. The van der Waals surface area contributed by atoms with E-state index in [1.807, 2.05) is 30.3 Å². The maximum absolute atomic E-state index is 12.3. The van der Waals surface area contributed by atoms with Crippen LogP contribution in [-0.4, -0.2) is 12.5 Å². The van der Waals surface area contributed by atoms with Crippen molar-refractivity contribution in [2.75, 3.05) is 6.54 Å². The maximum atomic E-state index is 12.3. The van der Waals surface area contributed by atoms with Crippen LogP contribution in [0.15, 0.2) is 83.8 Å². The van der Waals surface area contributed by atoms with Crippen LogP contribution in [-0.2, 0) is 12.2 Å². The van der Waals surface area contributed by atoms with Crippen LogP contribution in [0.4, 0.5) is 0 Å². The van der Waals surface area contributed by atoms with Crippen molar-refractivity contribution in [3.63, 3.8) is 0 Å². The smallest absolute Gasteiger partial charge is 0.251 e. The molecule has 3 heteroatoms. The summed E-state index contributed by atoms with van der Waals surface area (Å²) in [4.78, 5) is 13.5. The van der Waals surface area contributed by atoms with Gasteiger partial charge in [0.1, 0.15) is 0 Å². The standard InChI is InChI=1S/C24H25NOS/c1-19-7-5-8-20(17-19)9-6-16-25-24(26)22-14-12-21(13-15-22)18-27-23-10-3-2-4-11-23/h2-5,7-8,10-15,17H,6,9,16,18H2,1H3,(H,25,26). The molecular weight excluding hydrogens is 350 g/mol. The Kier molecular flexibility index (Phi) is 7.11. The van der Waals surface area contributed by atoms with E-state index < -0.39 is 0 Å². The van der Waals surface area contributed by atoms with Gasteiger partial charge in [0, 0.05) is 22.8 Å². The van der Waals surface area contributed by atoms with E-state index in [0.29, 0.717) is 6.54 Å². The molecule has 0 heterocycles. The van der Waals surface area contributed by atoms with Gasteiger partial charge in [0.2, 0.25) is 0 Å². The lowest BCUT2D eigenvalue weighted by atomic mass is 10.1. The summed E-state index contributed by atoms with van der Waals surface area (Å²) >= 11 is 1.80.